The molecule has 25 heavy (non-hydrogen) atoms. The van der Waals surface area contributed by atoms with Crippen LogP contribution in [-0.2, 0) is 17.8 Å². The predicted molar refractivity (Wildman–Crippen MR) is 92.0 cm³/mol. The van der Waals surface area contributed by atoms with Crippen LogP contribution in [0, 0.1) is 23.7 Å². The molecule has 2 aliphatic heterocycles. The fourth-order valence-corrected chi connectivity index (χ4v) is 4.74. The van der Waals surface area contributed by atoms with Crippen LogP contribution in [0.2, 0.25) is 0 Å². The molecule has 4 rings (SSSR count). The molecule has 1 saturated heterocycles. The number of ether oxygens (including phenoxy) is 1. The zero-order chi connectivity index (χ0) is 17.6. The van der Waals surface area contributed by atoms with Crippen molar-refractivity contribution in [2.24, 2.45) is 23.7 Å². The van der Waals surface area contributed by atoms with Crippen LogP contribution >= 0.6 is 0 Å². The number of fused-ring (bicyclic) bond motifs is 2. The van der Waals surface area contributed by atoms with E-state index in [1.54, 1.807) is 0 Å². The lowest BCUT2D eigenvalue weighted by Gasteiger charge is -2.43. The third-order valence-corrected chi connectivity index (χ3v) is 6.19. The van der Waals surface area contributed by atoms with Crippen molar-refractivity contribution in [2.45, 2.75) is 32.1 Å². The lowest BCUT2D eigenvalue weighted by molar-refractivity contribution is -0.146. The van der Waals surface area contributed by atoms with Crippen LogP contribution in [0.25, 0.3) is 0 Å². The molecule has 1 aromatic carbocycles. The highest BCUT2D eigenvalue weighted by Crippen LogP contribution is 2.41. The van der Waals surface area contributed by atoms with Gasteiger partial charge in [0.25, 0.3) is 0 Å². The SMILES string of the molecule is C[C@H]1[C@H](O)[C@@H](O)[C@H]2CNC[C@@H]2[C@H]1C(=O)NCc1ccc2c(c1)CCO2. The van der Waals surface area contributed by atoms with Gasteiger partial charge in [-0.05, 0) is 35.6 Å². The Morgan fingerprint density at radius 1 is 1.28 bits per heavy atom. The number of amides is 1. The number of nitrogens with one attached hydrogen (secondary N) is 2. The van der Waals surface area contributed by atoms with Gasteiger partial charge in [-0.25, -0.2) is 0 Å². The monoisotopic (exact) mass is 346 g/mol. The number of aliphatic hydroxyl groups is 2. The molecular weight excluding hydrogens is 320 g/mol. The molecule has 0 unspecified atom stereocenters. The maximum atomic E-state index is 12.9. The van der Waals surface area contributed by atoms with Crippen LogP contribution < -0.4 is 15.4 Å². The van der Waals surface area contributed by atoms with Crippen LogP contribution in [0.15, 0.2) is 18.2 Å². The first-order valence-electron chi connectivity index (χ1n) is 9.15. The highest BCUT2D eigenvalue weighted by molar-refractivity contribution is 5.79. The van der Waals surface area contributed by atoms with Crippen molar-refractivity contribution in [3.8, 4) is 5.75 Å². The summed E-state index contributed by atoms with van der Waals surface area (Å²) in [7, 11) is 0. The molecule has 136 valence electrons. The molecule has 1 aromatic rings. The third-order valence-electron chi connectivity index (χ3n) is 6.19. The van der Waals surface area contributed by atoms with Crippen molar-refractivity contribution < 1.29 is 19.7 Å². The van der Waals surface area contributed by atoms with Crippen molar-refractivity contribution in [3.63, 3.8) is 0 Å². The minimum Gasteiger partial charge on any atom is -0.493 e. The second-order valence-corrected chi connectivity index (χ2v) is 7.61. The molecule has 1 amide bonds. The molecule has 0 spiro atoms. The summed E-state index contributed by atoms with van der Waals surface area (Å²) in [5.41, 5.74) is 2.25. The molecule has 6 nitrogen and oxygen atoms in total. The standard InChI is InChI=1S/C19H26N2O4/c1-10-16(13-8-20-9-14(13)18(23)17(10)22)19(24)21-7-11-2-3-15-12(6-11)4-5-25-15/h2-3,6,10,13-14,16-18,20,22-23H,4-5,7-9H2,1H3,(H,21,24)/t10-,13+,14+,16+,17+,18+/m1/s1. The molecule has 0 aromatic heterocycles. The number of rotatable bonds is 3. The van der Waals surface area contributed by atoms with Crippen molar-refractivity contribution in [1.82, 2.24) is 10.6 Å². The Labute approximate surface area is 147 Å². The Hall–Kier alpha value is -1.63. The van der Waals surface area contributed by atoms with Gasteiger partial charge in [-0.3, -0.25) is 4.79 Å². The predicted octanol–water partition coefficient (Wildman–Crippen LogP) is 0.0610. The van der Waals surface area contributed by atoms with Crippen molar-refractivity contribution in [2.75, 3.05) is 19.7 Å². The number of hydrogen-bond donors (Lipinski definition) is 4. The van der Waals surface area contributed by atoms with E-state index in [4.69, 9.17) is 4.74 Å². The molecule has 1 saturated carbocycles. The highest BCUT2D eigenvalue weighted by Gasteiger charge is 2.52. The first kappa shape index (κ1) is 16.8. The number of aliphatic hydroxyl groups excluding tert-OH is 2. The van der Waals surface area contributed by atoms with Crippen LogP contribution in [0.4, 0.5) is 0 Å². The number of benzene rings is 1. The second-order valence-electron chi connectivity index (χ2n) is 7.61. The van der Waals surface area contributed by atoms with Gasteiger partial charge >= 0.3 is 0 Å². The largest absolute Gasteiger partial charge is 0.493 e. The van der Waals surface area contributed by atoms with E-state index in [0.29, 0.717) is 19.6 Å². The Balaban J connectivity index is 1.45. The molecule has 0 radical (unpaired) electrons. The molecule has 2 fully saturated rings. The highest BCUT2D eigenvalue weighted by atomic mass is 16.5. The first-order valence-corrected chi connectivity index (χ1v) is 9.15. The van der Waals surface area contributed by atoms with E-state index in [1.807, 2.05) is 19.1 Å². The maximum Gasteiger partial charge on any atom is 0.224 e. The van der Waals surface area contributed by atoms with Crippen LogP contribution in [0.3, 0.4) is 0 Å². The van der Waals surface area contributed by atoms with Crippen LogP contribution in [0.1, 0.15) is 18.1 Å². The second kappa shape index (κ2) is 6.59. The fourth-order valence-electron chi connectivity index (χ4n) is 4.74. The van der Waals surface area contributed by atoms with E-state index in [2.05, 4.69) is 16.7 Å². The minimum atomic E-state index is -0.853. The van der Waals surface area contributed by atoms with Crippen LogP contribution in [0.5, 0.6) is 5.75 Å². The average molecular weight is 346 g/mol. The Bertz CT molecular complexity index is 665. The normalized spacial score (nSPS) is 36.4. The summed E-state index contributed by atoms with van der Waals surface area (Å²) in [6.45, 7) is 4.43. The van der Waals surface area contributed by atoms with Gasteiger partial charge in [0.05, 0.1) is 18.8 Å². The molecule has 1 aliphatic carbocycles. The quantitative estimate of drug-likeness (QED) is 0.621. The number of carbonyl (C=O) groups excluding carboxylic acids is 1. The zero-order valence-electron chi connectivity index (χ0n) is 14.4. The van der Waals surface area contributed by atoms with Gasteiger partial charge in [0.15, 0.2) is 0 Å². The van der Waals surface area contributed by atoms with Gasteiger partial charge in [0.1, 0.15) is 5.75 Å². The Kier molecular flexibility index (Phi) is 4.43. The molecule has 3 aliphatic rings. The zero-order valence-corrected chi connectivity index (χ0v) is 14.4. The topological polar surface area (TPSA) is 90.8 Å². The Morgan fingerprint density at radius 2 is 2.08 bits per heavy atom. The summed E-state index contributed by atoms with van der Waals surface area (Å²) in [6, 6.07) is 6.03. The minimum absolute atomic E-state index is 0.0334. The lowest BCUT2D eigenvalue weighted by Crippen LogP contribution is -2.55. The van der Waals surface area contributed by atoms with Crippen molar-refractivity contribution >= 4 is 5.91 Å². The maximum absolute atomic E-state index is 12.9. The summed E-state index contributed by atoms with van der Waals surface area (Å²) in [4.78, 5) is 12.9. The lowest BCUT2D eigenvalue weighted by atomic mass is 9.65. The van der Waals surface area contributed by atoms with E-state index in [-0.39, 0.29) is 29.6 Å². The Morgan fingerprint density at radius 3 is 2.92 bits per heavy atom. The number of hydrogen-bond acceptors (Lipinski definition) is 5. The molecule has 6 atom stereocenters. The van der Waals surface area contributed by atoms with Gasteiger partial charge in [-0.1, -0.05) is 19.1 Å². The fraction of sp³-hybridized carbons (Fsp3) is 0.632. The molecule has 6 heteroatoms. The summed E-state index contributed by atoms with van der Waals surface area (Å²) in [6.07, 6.45) is -0.694. The third kappa shape index (κ3) is 2.92. The van der Waals surface area contributed by atoms with Gasteiger partial charge in [0.2, 0.25) is 5.91 Å². The average Bonchev–Trinajstić information content (AvgIpc) is 3.26. The number of carbonyl (C=O) groups is 1. The molecular formula is C19H26N2O4. The molecule has 2 heterocycles. The van der Waals surface area contributed by atoms with Crippen molar-refractivity contribution in [3.05, 3.63) is 29.3 Å². The van der Waals surface area contributed by atoms with Gasteiger partial charge < -0.3 is 25.6 Å². The first-order chi connectivity index (χ1) is 12.1. The summed E-state index contributed by atoms with van der Waals surface area (Å²) >= 11 is 0. The molecule has 0 bridgehead atoms. The van der Waals surface area contributed by atoms with E-state index < -0.39 is 12.2 Å². The van der Waals surface area contributed by atoms with E-state index in [1.165, 1.54) is 5.56 Å². The van der Waals surface area contributed by atoms with E-state index in [0.717, 1.165) is 24.3 Å². The van der Waals surface area contributed by atoms with Gasteiger partial charge in [0, 0.05) is 31.3 Å². The van der Waals surface area contributed by atoms with E-state index >= 15 is 0 Å². The summed E-state index contributed by atoms with van der Waals surface area (Å²) < 4.78 is 5.51. The summed E-state index contributed by atoms with van der Waals surface area (Å²) in [5, 5.41) is 26.9. The smallest absolute Gasteiger partial charge is 0.224 e. The van der Waals surface area contributed by atoms with Crippen molar-refractivity contribution in [1.29, 1.82) is 0 Å². The molecule has 4 N–H and O–H groups in total. The van der Waals surface area contributed by atoms with E-state index in [9.17, 15) is 15.0 Å². The van der Waals surface area contributed by atoms with Crippen LogP contribution in [-0.4, -0.2) is 48.0 Å². The summed E-state index contributed by atoms with van der Waals surface area (Å²) in [5.74, 6) is 0.378. The van der Waals surface area contributed by atoms with Gasteiger partial charge in [-0.2, -0.15) is 0 Å². The van der Waals surface area contributed by atoms with Gasteiger partial charge in [-0.15, -0.1) is 0 Å².